The first-order valence-corrected chi connectivity index (χ1v) is 8.20. The maximum atomic E-state index is 9.80. The Hall–Kier alpha value is -2.07. The van der Waals surface area contributed by atoms with Crippen molar-refractivity contribution in [1.82, 2.24) is 14.6 Å². The van der Waals surface area contributed by atoms with E-state index in [4.69, 9.17) is 16.6 Å². The minimum Gasteiger partial charge on any atom is -0.508 e. The Balaban J connectivity index is 2.36. The second-order valence-electron chi connectivity index (χ2n) is 6.24. The summed E-state index contributed by atoms with van der Waals surface area (Å²) in [5.74, 6) is 1.75. The minimum absolute atomic E-state index is 0.254. The highest BCUT2D eigenvalue weighted by atomic mass is 35.5. The van der Waals surface area contributed by atoms with Crippen LogP contribution in [-0.4, -0.2) is 19.7 Å². The van der Waals surface area contributed by atoms with E-state index in [-0.39, 0.29) is 11.7 Å². The van der Waals surface area contributed by atoms with E-state index in [9.17, 15) is 5.11 Å². The van der Waals surface area contributed by atoms with Gasteiger partial charge in [-0.3, -0.25) is 0 Å². The van der Waals surface area contributed by atoms with Crippen molar-refractivity contribution in [1.29, 1.82) is 0 Å². The zero-order valence-electron chi connectivity index (χ0n) is 13.8. The molecule has 4 nitrogen and oxygen atoms in total. The van der Waals surface area contributed by atoms with Gasteiger partial charge in [0, 0.05) is 23.6 Å². The van der Waals surface area contributed by atoms with E-state index >= 15 is 0 Å². The number of hydrogen-bond donors (Lipinski definition) is 1. The second-order valence-corrected chi connectivity index (χ2v) is 6.51. The molecule has 0 unspecified atom stereocenters. The number of alkyl halides is 1. The van der Waals surface area contributed by atoms with Crippen LogP contribution in [0.5, 0.6) is 5.75 Å². The first kappa shape index (κ1) is 15.8. The fraction of sp³-hybridized carbons (Fsp3) is 0.333. The average molecular weight is 330 g/mol. The van der Waals surface area contributed by atoms with Gasteiger partial charge in [0.15, 0.2) is 11.5 Å². The number of aromatic hydroxyl groups is 1. The van der Waals surface area contributed by atoms with Crippen LogP contribution in [0.15, 0.2) is 24.4 Å². The summed E-state index contributed by atoms with van der Waals surface area (Å²) in [6.45, 7) is 8.14. The fourth-order valence-electron chi connectivity index (χ4n) is 2.92. The lowest BCUT2D eigenvalue weighted by atomic mass is 9.95. The van der Waals surface area contributed by atoms with Crippen LogP contribution in [-0.2, 0) is 5.88 Å². The Labute approximate surface area is 140 Å². The Morgan fingerprint density at radius 3 is 2.39 bits per heavy atom. The number of benzene rings is 1. The molecular weight excluding hydrogens is 310 g/mol. The summed E-state index contributed by atoms with van der Waals surface area (Å²) in [5, 5.41) is 14.4. The largest absolute Gasteiger partial charge is 0.508 e. The summed E-state index contributed by atoms with van der Waals surface area (Å²) >= 11 is 6.06. The summed E-state index contributed by atoms with van der Waals surface area (Å²) in [6.07, 6.45) is 1.93. The Kier molecular flexibility index (Phi) is 4.02. The zero-order valence-corrected chi connectivity index (χ0v) is 14.5. The van der Waals surface area contributed by atoms with Gasteiger partial charge in [-0.25, -0.2) is 9.50 Å². The summed E-state index contributed by atoms with van der Waals surface area (Å²) in [5.41, 5.74) is 5.89. The maximum absolute atomic E-state index is 9.80. The SMILES string of the molecule is Cc1cc(O)cc(C)c1-c1cc(CCl)cn2nc(C(C)C)nc12. The van der Waals surface area contributed by atoms with Crippen molar-refractivity contribution in [2.45, 2.75) is 39.5 Å². The van der Waals surface area contributed by atoms with Crippen molar-refractivity contribution in [3.05, 3.63) is 46.9 Å². The summed E-state index contributed by atoms with van der Waals surface area (Å²) in [7, 11) is 0. The van der Waals surface area contributed by atoms with Crippen molar-refractivity contribution < 1.29 is 5.11 Å². The molecule has 1 aromatic carbocycles. The molecule has 0 aliphatic carbocycles. The normalized spacial score (nSPS) is 11.6. The average Bonchev–Trinajstić information content (AvgIpc) is 2.90. The smallest absolute Gasteiger partial charge is 0.163 e. The van der Waals surface area contributed by atoms with Gasteiger partial charge in [0.1, 0.15) is 5.75 Å². The van der Waals surface area contributed by atoms with Gasteiger partial charge in [0.2, 0.25) is 0 Å². The maximum Gasteiger partial charge on any atom is 0.163 e. The lowest BCUT2D eigenvalue weighted by Crippen LogP contribution is -1.97. The van der Waals surface area contributed by atoms with E-state index in [1.54, 1.807) is 12.1 Å². The lowest BCUT2D eigenvalue weighted by molar-refractivity contribution is 0.474. The number of halogens is 1. The molecule has 0 spiro atoms. The van der Waals surface area contributed by atoms with E-state index < -0.39 is 0 Å². The second kappa shape index (κ2) is 5.85. The quantitative estimate of drug-likeness (QED) is 0.715. The Morgan fingerprint density at radius 2 is 1.83 bits per heavy atom. The molecule has 0 fully saturated rings. The molecule has 0 aliphatic rings. The van der Waals surface area contributed by atoms with Crippen molar-refractivity contribution in [2.24, 2.45) is 0 Å². The van der Waals surface area contributed by atoms with Gasteiger partial charge >= 0.3 is 0 Å². The van der Waals surface area contributed by atoms with Crippen LogP contribution in [0.4, 0.5) is 0 Å². The minimum atomic E-state index is 0.254. The van der Waals surface area contributed by atoms with Crippen molar-refractivity contribution in [3.63, 3.8) is 0 Å². The van der Waals surface area contributed by atoms with Gasteiger partial charge in [-0.1, -0.05) is 13.8 Å². The molecule has 1 N–H and O–H groups in total. The van der Waals surface area contributed by atoms with Crippen LogP contribution in [0.25, 0.3) is 16.8 Å². The van der Waals surface area contributed by atoms with Crippen LogP contribution >= 0.6 is 11.6 Å². The van der Waals surface area contributed by atoms with Gasteiger partial charge in [-0.15, -0.1) is 11.6 Å². The van der Waals surface area contributed by atoms with Crippen LogP contribution in [0.1, 0.15) is 42.3 Å². The molecular formula is C18H20ClN3O. The first-order valence-electron chi connectivity index (χ1n) is 7.66. The standard InChI is InChI=1S/C18H20ClN3O/c1-10(2)17-20-18-15(7-13(8-19)9-22(18)21-17)16-11(3)5-14(23)6-12(16)4/h5-7,9-10,23H,8H2,1-4H3. The molecule has 23 heavy (non-hydrogen) atoms. The number of aryl methyl sites for hydroxylation is 2. The molecule has 3 aromatic rings. The van der Waals surface area contributed by atoms with E-state index in [0.717, 1.165) is 39.3 Å². The molecule has 2 heterocycles. The highest BCUT2D eigenvalue weighted by molar-refractivity contribution is 6.17. The van der Waals surface area contributed by atoms with Crippen molar-refractivity contribution in [2.75, 3.05) is 0 Å². The monoisotopic (exact) mass is 329 g/mol. The number of phenols is 1. The lowest BCUT2D eigenvalue weighted by Gasteiger charge is -2.12. The third-order valence-electron chi connectivity index (χ3n) is 3.96. The number of phenolic OH excluding ortho intramolecular Hbond substituents is 1. The molecule has 2 aromatic heterocycles. The third kappa shape index (κ3) is 2.79. The van der Waals surface area contributed by atoms with Gasteiger partial charge in [0.25, 0.3) is 0 Å². The molecule has 120 valence electrons. The highest BCUT2D eigenvalue weighted by Gasteiger charge is 2.16. The Morgan fingerprint density at radius 1 is 1.17 bits per heavy atom. The summed E-state index contributed by atoms with van der Waals surface area (Å²) < 4.78 is 1.81. The number of nitrogens with zero attached hydrogens (tertiary/aromatic N) is 3. The van der Waals surface area contributed by atoms with Gasteiger partial charge in [-0.05, 0) is 54.3 Å². The molecule has 0 radical (unpaired) electrons. The molecule has 0 aliphatic heterocycles. The topological polar surface area (TPSA) is 50.4 Å². The van der Waals surface area contributed by atoms with Gasteiger partial charge in [0.05, 0.1) is 0 Å². The van der Waals surface area contributed by atoms with E-state index in [1.807, 2.05) is 24.6 Å². The Bertz CT molecular complexity index is 860. The van der Waals surface area contributed by atoms with Crippen LogP contribution in [0.2, 0.25) is 0 Å². The van der Waals surface area contributed by atoms with E-state index in [0.29, 0.717) is 5.88 Å². The third-order valence-corrected chi connectivity index (χ3v) is 4.27. The number of aromatic nitrogens is 3. The number of rotatable bonds is 3. The molecule has 0 saturated carbocycles. The predicted molar refractivity (Wildman–Crippen MR) is 93.2 cm³/mol. The molecule has 3 rings (SSSR count). The number of fused-ring (bicyclic) bond motifs is 1. The van der Waals surface area contributed by atoms with Crippen LogP contribution in [0, 0.1) is 13.8 Å². The fourth-order valence-corrected chi connectivity index (χ4v) is 3.07. The molecule has 0 amide bonds. The summed E-state index contributed by atoms with van der Waals surface area (Å²) in [4.78, 5) is 4.71. The van der Waals surface area contributed by atoms with E-state index in [2.05, 4.69) is 25.0 Å². The molecule has 0 bridgehead atoms. The van der Waals surface area contributed by atoms with Crippen molar-refractivity contribution >= 4 is 17.2 Å². The predicted octanol–water partition coefficient (Wildman–Crippen LogP) is 4.58. The summed E-state index contributed by atoms with van der Waals surface area (Å²) in [6, 6.07) is 5.60. The molecule has 0 saturated heterocycles. The first-order chi connectivity index (χ1) is 10.9. The van der Waals surface area contributed by atoms with Gasteiger partial charge < -0.3 is 5.11 Å². The highest BCUT2D eigenvalue weighted by Crippen LogP contribution is 2.34. The molecule has 0 atom stereocenters. The number of pyridine rings is 1. The molecule has 5 heteroatoms. The van der Waals surface area contributed by atoms with Crippen molar-refractivity contribution in [3.8, 4) is 16.9 Å². The zero-order chi connectivity index (χ0) is 16.7. The number of hydrogen-bond acceptors (Lipinski definition) is 3. The van der Waals surface area contributed by atoms with Gasteiger partial charge in [-0.2, -0.15) is 5.10 Å². The van der Waals surface area contributed by atoms with Crippen LogP contribution < -0.4 is 0 Å². The van der Waals surface area contributed by atoms with E-state index in [1.165, 1.54) is 0 Å². The van der Waals surface area contributed by atoms with Crippen LogP contribution in [0.3, 0.4) is 0 Å².